The second-order valence-electron chi connectivity index (χ2n) is 4.56. The van der Waals surface area contributed by atoms with E-state index in [1.165, 1.54) is 0 Å². The molecule has 4 N–H and O–H groups in total. The van der Waals surface area contributed by atoms with E-state index in [1.807, 2.05) is 0 Å². The van der Waals surface area contributed by atoms with Crippen molar-refractivity contribution in [2.45, 2.75) is 33.1 Å². The Labute approximate surface area is 119 Å². The molecule has 0 bridgehead atoms. The molecule has 0 spiro atoms. The van der Waals surface area contributed by atoms with Gasteiger partial charge in [0, 0.05) is 17.8 Å². The molecule has 0 aromatic carbocycles. The molecule has 1 rings (SSSR count). The lowest BCUT2D eigenvalue weighted by molar-refractivity contribution is -0.117. The third-order valence-corrected chi connectivity index (χ3v) is 2.63. The van der Waals surface area contributed by atoms with Crippen LogP contribution in [0, 0.1) is 0 Å². The lowest BCUT2D eigenvalue weighted by atomic mass is 10.1. The summed E-state index contributed by atoms with van der Waals surface area (Å²) in [4.78, 5) is 27.1. The molecule has 6 nitrogen and oxygen atoms in total. The fourth-order valence-corrected chi connectivity index (χ4v) is 1.72. The third-order valence-electron chi connectivity index (χ3n) is 2.63. The summed E-state index contributed by atoms with van der Waals surface area (Å²) in [5, 5.41) is 5.65. The number of nitrogens with one attached hydrogen (secondary N) is 2. The Morgan fingerprint density at radius 3 is 2.60 bits per heavy atom. The lowest BCUT2D eigenvalue weighted by Crippen LogP contribution is -2.33. The van der Waals surface area contributed by atoms with Crippen LogP contribution < -0.4 is 16.4 Å². The van der Waals surface area contributed by atoms with Gasteiger partial charge in [0.1, 0.15) is 5.82 Å². The van der Waals surface area contributed by atoms with E-state index in [2.05, 4.69) is 29.5 Å². The van der Waals surface area contributed by atoms with Gasteiger partial charge < -0.3 is 16.4 Å². The predicted molar refractivity (Wildman–Crippen MR) is 78.5 cm³/mol. The van der Waals surface area contributed by atoms with Crippen molar-refractivity contribution in [1.82, 2.24) is 10.3 Å². The fraction of sp³-hybridized carbons (Fsp3) is 0.500. The zero-order chi connectivity index (χ0) is 15.0. The summed E-state index contributed by atoms with van der Waals surface area (Å²) in [6, 6.07) is 3.43. The molecule has 1 aromatic rings. The van der Waals surface area contributed by atoms with Crippen molar-refractivity contribution in [2.75, 3.05) is 18.4 Å². The minimum atomic E-state index is -0.564. The SMILES string of the molecule is CCCNc1cc(C(=O)NCC(N)=O)cc(CCC)n1. The zero-order valence-electron chi connectivity index (χ0n) is 12.0. The quantitative estimate of drug-likeness (QED) is 0.662. The topological polar surface area (TPSA) is 97.1 Å². The van der Waals surface area contributed by atoms with Crippen LogP contribution in [0.5, 0.6) is 0 Å². The molecule has 0 saturated heterocycles. The summed E-state index contributed by atoms with van der Waals surface area (Å²) >= 11 is 0. The number of rotatable bonds is 8. The summed E-state index contributed by atoms with van der Waals surface area (Å²) in [6.07, 6.45) is 2.73. The van der Waals surface area contributed by atoms with Gasteiger partial charge in [0.25, 0.3) is 5.91 Å². The summed E-state index contributed by atoms with van der Waals surface area (Å²) in [7, 11) is 0. The van der Waals surface area contributed by atoms with E-state index >= 15 is 0 Å². The fourth-order valence-electron chi connectivity index (χ4n) is 1.72. The van der Waals surface area contributed by atoms with Gasteiger partial charge in [-0.15, -0.1) is 0 Å². The summed E-state index contributed by atoms with van der Waals surface area (Å²) in [6.45, 7) is 4.75. The average Bonchev–Trinajstić information content (AvgIpc) is 2.42. The van der Waals surface area contributed by atoms with E-state index in [4.69, 9.17) is 5.73 Å². The molecule has 1 heterocycles. The number of hydrogen-bond donors (Lipinski definition) is 3. The molecule has 0 aliphatic heterocycles. The van der Waals surface area contributed by atoms with Gasteiger partial charge in [-0.25, -0.2) is 4.98 Å². The van der Waals surface area contributed by atoms with Crippen molar-refractivity contribution in [3.05, 3.63) is 23.4 Å². The molecule has 0 saturated carbocycles. The van der Waals surface area contributed by atoms with E-state index < -0.39 is 5.91 Å². The molecule has 0 aliphatic rings. The van der Waals surface area contributed by atoms with Crippen LogP contribution in [-0.2, 0) is 11.2 Å². The van der Waals surface area contributed by atoms with E-state index in [0.29, 0.717) is 11.4 Å². The van der Waals surface area contributed by atoms with Crippen molar-refractivity contribution >= 4 is 17.6 Å². The Morgan fingerprint density at radius 1 is 1.25 bits per heavy atom. The maximum atomic E-state index is 12.0. The molecular weight excluding hydrogens is 256 g/mol. The first-order valence-corrected chi connectivity index (χ1v) is 6.88. The van der Waals surface area contributed by atoms with Crippen molar-refractivity contribution in [3.8, 4) is 0 Å². The summed E-state index contributed by atoms with van der Waals surface area (Å²) < 4.78 is 0. The summed E-state index contributed by atoms with van der Waals surface area (Å²) in [5.41, 5.74) is 6.36. The number of primary amides is 1. The molecule has 1 aromatic heterocycles. The second kappa shape index (κ2) is 8.14. The maximum Gasteiger partial charge on any atom is 0.251 e. The number of carbonyl (C=O) groups is 2. The number of aromatic nitrogens is 1. The van der Waals surface area contributed by atoms with E-state index in [-0.39, 0.29) is 12.5 Å². The number of aryl methyl sites for hydroxylation is 1. The van der Waals surface area contributed by atoms with Gasteiger partial charge in [-0.3, -0.25) is 9.59 Å². The van der Waals surface area contributed by atoms with Crippen LogP contribution in [0.15, 0.2) is 12.1 Å². The van der Waals surface area contributed by atoms with E-state index in [0.717, 1.165) is 31.5 Å². The van der Waals surface area contributed by atoms with Crippen LogP contribution in [0.25, 0.3) is 0 Å². The Bertz CT molecular complexity index is 474. The number of nitrogens with two attached hydrogens (primary N) is 1. The van der Waals surface area contributed by atoms with Crippen molar-refractivity contribution in [3.63, 3.8) is 0 Å². The Kier molecular flexibility index (Phi) is 6.49. The molecule has 0 unspecified atom stereocenters. The van der Waals surface area contributed by atoms with Gasteiger partial charge in [-0.2, -0.15) is 0 Å². The van der Waals surface area contributed by atoms with Gasteiger partial charge >= 0.3 is 0 Å². The molecule has 0 radical (unpaired) electrons. The van der Waals surface area contributed by atoms with Gasteiger partial charge in [-0.1, -0.05) is 20.3 Å². The number of pyridine rings is 1. The standard InChI is InChI=1S/C14H22N4O2/c1-3-5-11-7-10(14(20)17-9-12(15)19)8-13(18-11)16-6-4-2/h7-8H,3-6,9H2,1-2H3,(H2,15,19)(H,16,18)(H,17,20). The van der Waals surface area contributed by atoms with Gasteiger partial charge in [0.05, 0.1) is 6.54 Å². The molecule has 20 heavy (non-hydrogen) atoms. The van der Waals surface area contributed by atoms with Crippen LogP contribution >= 0.6 is 0 Å². The van der Waals surface area contributed by atoms with E-state index in [1.54, 1.807) is 12.1 Å². The Morgan fingerprint density at radius 2 is 2.00 bits per heavy atom. The molecule has 110 valence electrons. The Hall–Kier alpha value is -2.11. The average molecular weight is 278 g/mol. The highest BCUT2D eigenvalue weighted by molar-refractivity contribution is 5.96. The first kappa shape index (κ1) is 15.9. The minimum Gasteiger partial charge on any atom is -0.370 e. The van der Waals surface area contributed by atoms with Crippen LogP contribution in [0.3, 0.4) is 0 Å². The lowest BCUT2D eigenvalue weighted by Gasteiger charge is -2.10. The van der Waals surface area contributed by atoms with Crippen molar-refractivity contribution < 1.29 is 9.59 Å². The molecule has 0 aliphatic carbocycles. The monoisotopic (exact) mass is 278 g/mol. The Balaban J connectivity index is 2.89. The number of nitrogens with zero attached hydrogens (tertiary/aromatic N) is 1. The largest absolute Gasteiger partial charge is 0.370 e. The van der Waals surface area contributed by atoms with Crippen molar-refractivity contribution in [2.24, 2.45) is 5.73 Å². The van der Waals surface area contributed by atoms with E-state index in [9.17, 15) is 9.59 Å². The molecule has 0 fully saturated rings. The zero-order valence-corrected chi connectivity index (χ0v) is 12.0. The third kappa shape index (κ3) is 5.26. The first-order chi connectivity index (χ1) is 9.56. The number of hydrogen-bond acceptors (Lipinski definition) is 4. The van der Waals surface area contributed by atoms with Crippen molar-refractivity contribution in [1.29, 1.82) is 0 Å². The molecule has 2 amide bonds. The normalized spacial score (nSPS) is 10.1. The predicted octanol–water partition coefficient (Wildman–Crippen LogP) is 1.07. The number of amides is 2. The highest BCUT2D eigenvalue weighted by Gasteiger charge is 2.10. The maximum absolute atomic E-state index is 12.0. The highest BCUT2D eigenvalue weighted by atomic mass is 16.2. The highest BCUT2D eigenvalue weighted by Crippen LogP contribution is 2.12. The van der Waals surface area contributed by atoms with Crippen LogP contribution in [0.4, 0.5) is 5.82 Å². The smallest absolute Gasteiger partial charge is 0.251 e. The number of anilines is 1. The van der Waals surface area contributed by atoms with Gasteiger partial charge in [-0.05, 0) is 25.0 Å². The molecule has 0 atom stereocenters. The number of carbonyl (C=O) groups excluding carboxylic acids is 2. The first-order valence-electron chi connectivity index (χ1n) is 6.88. The molecule has 6 heteroatoms. The summed E-state index contributed by atoms with van der Waals surface area (Å²) in [5.74, 6) is -0.198. The molecular formula is C14H22N4O2. The van der Waals surface area contributed by atoms with Crippen LogP contribution in [0.1, 0.15) is 42.7 Å². The van der Waals surface area contributed by atoms with Crippen LogP contribution in [-0.4, -0.2) is 29.9 Å². The van der Waals surface area contributed by atoms with Gasteiger partial charge in [0.15, 0.2) is 0 Å². The minimum absolute atomic E-state index is 0.165. The van der Waals surface area contributed by atoms with Gasteiger partial charge in [0.2, 0.25) is 5.91 Å². The van der Waals surface area contributed by atoms with Crippen LogP contribution in [0.2, 0.25) is 0 Å². The second-order valence-corrected chi connectivity index (χ2v) is 4.56.